The van der Waals surface area contributed by atoms with E-state index >= 15 is 0 Å². The molecule has 0 saturated carbocycles. The Kier molecular flexibility index (Phi) is 2.56. The van der Waals surface area contributed by atoms with Gasteiger partial charge in [-0.3, -0.25) is 19.3 Å². The first-order chi connectivity index (χ1) is 9.56. The Balaban J connectivity index is 1.96. The van der Waals surface area contributed by atoms with Crippen molar-refractivity contribution in [2.24, 2.45) is 0 Å². The molecule has 2 unspecified atom stereocenters. The lowest BCUT2D eigenvalue weighted by molar-refractivity contribution is -0.155. The summed E-state index contributed by atoms with van der Waals surface area (Å²) in [7, 11) is 1.17. The van der Waals surface area contributed by atoms with Gasteiger partial charge in [-0.05, 0) is 12.1 Å². The largest absolute Gasteiger partial charge is 0.467 e. The zero-order valence-corrected chi connectivity index (χ0v) is 10.5. The van der Waals surface area contributed by atoms with Crippen molar-refractivity contribution in [3.05, 3.63) is 35.4 Å². The predicted octanol–water partition coefficient (Wildman–Crippen LogP) is -0.677. The second kappa shape index (κ2) is 4.16. The van der Waals surface area contributed by atoms with E-state index in [0.29, 0.717) is 0 Å². The first-order valence-electron chi connectivity index (χ1n) is 5.91. The number of benzene rings is 1. The number of fused-ring (bicyclic) bond motifs is 1. The average Bonchev–Trinajstić information content (AvgIpc) is 2.70. The quantitative estimate of drug-likeness (QED) is 0.438. The van der Waals surface area contributed by atoms with E-state index in [4.69, 9.17) is 0 Å². The van der Waals surface area contributed by atoms with E-state index in [2.05, 4.69) is 10.1 Å². The highest BCUT2D eigenvalue weighted by Crippen LogP contribution is 2.28. The molecule has 0 radical (unpaired) electrons. The molecule has 2 atom stereocenters. The standard InChI is InChI=1S/C13H10N2O5/c1-20-13(19)8-9(10(16)14-8)15-11(17)6-4-2-3-5-7(6)12(15)18/h2-5,8-9H,1H3,(H,14,16). The van der Waals surface area contributed by atoms with Gasteiger partial charge in [-0.2, -0.15) is 0 Å². The van der Waals surface area contributed by atoms with Crippen LogP contribution in [0.3, 0.4) is 0 Å². The average molecular weight is 274 g/mol. The van der Waals surface area contributed by atoms with Crippen LogP contribution in [0.1, 0.15) is 20.7 Å². The van der Waals surface area contributed by atoms with E-state index in [0.717, 1.165) is 4.90 Å². The van der Waals surface area contributed by atoms with Crippen molar-refractivity contribution in [2.75, 3.05) is 7.11 Å². The van der Waals surface area contributed by atoms with Gasteiger partial charge in [-0.25, -0.2) is 4.79 Å². The second-order valence-corrected chi connectivity index (χ2v) is 4.48. The number of hydrogen-bond acceptors (Lipinski definition) is 5. The molecule has 0 spiro atoms. The number of rotatable bonds is 2. The molecule has 1 fully saturated rings. The van der Waals surface area contributed by atoms with Gasteiger partial charge in [-0.1, -0.05) is 12.1 Å². The van der Waals surface area contributed by atoms with E-state index in [1.54, 1.807) is 12.1 Å². The van der Waals surface area contributed by atoms with Crippen molar-refractivity contribution < 1.29 is 23.9 Å². The van der Waals surface area contributed by atoms with Crippen LogP contribution in [0.25, 0.3) is 0 Å². The topological polar surface area (TPSA) is 92.8 Å². The Hall–Kier alpha value is -2.70. The number of β-lactam (4-membered cyclic amide) rings is 1. The molecule has 2 aliphatic rings. The number of ether oxygens (including phenoxy) is 1. The number of esters is 1. The monoisotopic (exact) mass is 274 g/mol. The van der Waals surface area contributed by atoms with Gasteiger partial charge in [-0.15, -0.1) is 0 Å². The molecule has 20 heavy (non-hydrogen) atoms. The number of carbonyl (C=O) groups excluding carboxylic acids is 4. The molecule has 1 aromatic rings. The fraction of sp³-hybridized carbons (Fsp3) is 0.231. The first-order valence-corrected chi connectivity index (χ1v) is 5.91. The minimum atomic E-state index is -1.14. The highest BCUT2D eigenvalue weighted by molar-refractivity contribution is 6.24. The van der Waals surface area contributed by atoms with Crippen LogP contribution in [0.15, 0.2) is 24.3 Å². The fourth-order valence-electron chi connectivity index (χ4n) is 2.41. The Morgan fingerprint density at radius 2 is 1.70 bits per heavy atom. The van der Waals surface area contributed by atoms with Gasteiger partial charge in [0.15, 0.2) is 6.04 Å². The Morgan fingerprint density at radius 3 is 2.15 bits per heavy atom. The molecule has 2 aliphatic heterocycles. The van der Waals surface area contributed by atoms with Crippen LogP contribution < -0.4 is 5.32 Å². The maximum absolute atomic E-state index is 12.2. The summed E-state index contributed by atoms with van der Waals surface area (Å²) in [6.45, 7) is 0. The summed E-state index contributed by atoms with van der Waals surface area (Å²) >= 11 is 0. The summed E-state index contributed by atoms with van der Waals surface area (Å²) in [5.41, 5.74) is 0.474. The van der Waals surface area contributed by atoms with E-state index in [9.17, 15) is 19.2 Å². The van der Waals surface area contributed by atoms with Crippen molar-refractivity contribution in [3.63, 3.8) is 0 Å². The van der Waals surface area contributed by atoms with Crippen LogP contribution in [0.2, 0.25) is 0 Å². The molecule has 1 saturated heterocycles. The molecule has 0 aromatic heterocycles. The normalized spacial score (nSPS) is 24.1. The van der Waals surface area contributed by atoms with Crippen molar-refractivity contribution in [1.29, 1.82) is 0 Å². The molecule has 1 N–H and O–H groups in total. The van der Waals surface area contributed by atoms with E-state index in [1.165, 1.54) is 19.2 Å². The van der Waals surface area contributed by atoms with Crippen LogP contribution in [0, 0.1) is 0 Å². The summed E-state index contributed by atoms with van der Waals surface area (Å²) in [5, 5.41) is 2.33. The van der Waals surface area contributed by atoms with Gasteiger partial charge in [0.05, 0.1) is 18.2 Å². The number of nitrogens with zero attached hydrogens (tertiary/aromatic N) is 1. The van der Waals surface area contributed by atoms with Crippen LogP contribution in [-0.2, 0) is 14.3 Å². The summed E-state index contributed by atoms with van der Waals surface area (Å²) in [4.78, 5) is 48.4. The Bertz CT molecular complexity index is 619. The highest BCUT2D eigenvalue weighted by Gasteiger charge is 2.54. The van der Waals surface area contributed by atoms with Gasteiger partial charge >= 0.3 is 5.97 Å². The number of nitrogens with one attached hydrogen (secondary N) is 1. The Morgan fingerprint density at radius 1 is 1.15 bits per heavy atom. The number of amides is 3. The molecule has 3 rings (SSSR count). The lowest BCUT2D eigenvalue weighted by Gasteiger charge is -2.38. The third-order valence-corrected chi connectivity index (χ3v) is 3.44. The number of hydrogen-bond donors (Lipinski definition) is 1. The summed E-state index contributed by atoms with van der Waals surface area (Å²) in [6.07, 6.45) is 0. The van der Waals surface area contributed by atoms with Crippen molar-refractivity contribution in [2.45, 2.75) is 12.1 Å². The SMILES string of the molecule is COC(=O)C1NC(=O)C1N1C(=O)c2ccccc2C1=O. The van der Waals surface area contributed by atoms with Crippen LogP contribution >= 0.6 is 0 Å². The van der Waals surface area contributed by atoms with E-state index in [-0.39, 0.29) is 11.1 Å². The molecule has 0 bridgehead atoms. The summed E-state index contributed by atoms with van der Waals surface area (Å²) in [6, 6.07) is 4.14. The molecule has 3 amide bonds. The summed E-state index contributed by atoms with van der Waals surface area (Å²) in [5.74, 6) is -2.38. The van der Waals surface area contributed by atoms with Crippen LogP contribution in [-0.4, -0.2) is 47.8 Å². The van der Waals surface area contributed by atoms with Gasteiger partial charge in [0, 0.05) is 0 Å². The molecule has 1 aromatic carbocycles. The molecule has 102 valence electrons. The van der Waals surface area contributed by atoms with Crippen LogP contribution in [0.4, 0.5) is 0 Å². The molecule has 7 heteroatoms. The van der Waals surface area contributed by atoms with Crippen molar-refractivity contribution in [3.8, 4) is 0 Å². The first kappa shape index (κ1) is 12.3. The van der Waals surface area contributed by atoms with Gasteiger partial charge < -0.3 is 10.1 Å². The molecular weight excluding hydrogens is 264 g/mol. The Labute approximate surface area is 113 Å². The molecule has 0 aliphatic carbocycles. The third-order valence-electron chi connectivity index (χ3n) is 3.44. The minimum absolute atomic E-state index is 0.237. The van der Waals surface area contributed by atoms with E-state index in [1.807, 2.05) is 0 Å². The molecular formula is C13H10N2O5. The maximum atomic E-state index is 12.2. The lowest BCUT2D eigenvalue weighted by atomic mass is 9.97. The predicted molar refractivity (Wildman–Crippen MR) is 64.7 cm³/mol. The maximum Gasteiger partial charge on any atom is 0.331 e. The van der Waals surface area contributed by atoms with Crippen LogP contribution in [0.5, 0.6) is 0 Å². The van der Waals surface area contributed by atoms with Gasteiger partial charge in [0.2, 0.25) is 5.91 Å². The van der Waals surface area contributed by atoms with Gasteiger partial charge in [0.1, 0.15) is 6.04 Å². The highest BCUT2D eigenvalue weighted by atomic mass is 16.5. The smallest absolute Gasteiger partial charge is 0.331 e. The molecule has 2 heterocycles. The lowest BCUT2D eigenvalue weighted by Crippen LogP contribution is -2.72. The zero-order valence-electron chi connectivity index (χ0n) is 10.5. The minimum Gasteiger partial charge on any atom is -0.467 e. The number of methoxy groups -OCH3 is 1. The van der Waals surface area contributed by atoms with Crippen molar-refractivity contribution >= 4 is 23.7 Å². The number of imide groups is 1. The van der Waals surface area contributed by atoms with E-state index < -0.39 is 35.8 Å². The third kappa shape index (κ3) is 1.46. The van der Waals surface area contributed by atoms with Crippen molar-refractivity contribution in [1.82, 2.24) is 10.2 Å². The zero-order chi connectivity index (χ0) is 14.4. The summed E-state index contributed by atoms with van der Waals surface area (Å²) < 4.78 is 4.54. The second-order valence-electron chi connectivity index (χ2n) is 4.48. The van der Waals surface area contributed by atoms with Gasteiger partial charge in [0.25, 0.3) is 11.8 Å². The molecule has 7 nitrogen and oxygen atoms in total. The number of carbonyl (C=O) groups is 4. The fourth-order valence-corrected chi connectivity index (χ4v) is 2.41.